The highest BCUT2D eigenvalue weighted by Crippen LogP contribution is 2.17. The van der Waals surface area contributed by atoms with E-state index in [0.29, 0.717) is 24.6 Å². The molecule has 0 radical (unpaired) electrons. The molecule has 27 heavy (non-hydrogen) atoms. The van der Waals surface area contributed by atoms with Gasteiger partial charge < -0.3 is 10.1 Å². The summed E-state index contributed by atoms with van der Waals surface area (Å²) in [6.07, 6.45) is 1.01. The quantitative estimate of drug-likeness (QED) is 0.725. The Balaban J connectivity index is 1.70. The Hall–Kier alpha value is -3.22. The number of hydrogen-bond acceptors (Lipinski definition) is 5. The van der Waals surface area contributed by atoms with E-state index in [0.717, 1.165) is 28.4 Å². The Labute approximate surface area is 158 Å². The van der Waals surface area contributed by atoms with Gasteiger partial charge in [0.1, 0.15) is 11.6 Å². The van der Waals surface area contributed by atoms with Crippen LogP contribution in [-0.4, -0.2) is 32.8 Å². The summed E-state index contributed by atoms with van der Waals surface area (Å²) >= 11 is 0. The average molecular weight is 365 g/mol. The van der Waals surface area contributed by atoms with Gasteiger partial charge in [-0.2, -0.15) is 9.78 Å². The van der Waals surface area contributed by atoms with Gasteiger partial charge in [-0.3, -0.25) is 4.79 Å². The fourth-order valence-electron chi connectivity index (χ4n) is 2.80. The van der Waals surface area contributed by atoms with Gasteiger partial charge in [-0.15, -0.1) is 0 Å². The predicted octanol–water partition coefficient (Wildman–Crippen LogP) is 3.17. The normalized spacial score (nSPS) is 10.7. The molecule has 0 aliphatic carbocycles. The fraction of sp³-hybridized carbons (Fsp3) is 0.300. The molecular weight excluding hydrogens is 342 g/mol. The van der Waals surface area contributed by atoms with Crippen molar-refractivity contribution in [3.63, 3.8) is 0 Å². The Bertz CT molecular complexity index is 927. The molecular formula is C20H23N5O2. The van der Waals surface area contributed by atoms with E-state index in [-0.39, 0.29) is 5.91 Å². The van der Waals surface area contributed by atoms with E-state index in [1.54, 1.807) is 11.8 Å². The van der Waals surface area contributed by atoms with Crippen molar-refractivity contribution in [2.75, 3.05) is 12.4 Å². The van der Waals surface area contributed by atoms with Gasteiger partial charge in [0.15, 0.2) is 0 Å². The minimum Gasteiger partial charge on any atom is -0.497 e. The topological polar surface area (TPSA) is 81.9 Å². The van der Waals surface area contributed by atoms with Crippen molar-refractivity contribution in [3.8, 4) is 11.7 Å². The number of nitrogens with one attached hydrogen (secondary N) is 1. The lowest BCUT2D eigenvalue weighted by Gasteiger charge is -2.09. The average Bonchev–Trinajstić information content (AvgIpc) is 3.00. The van der Waals surface area contributed by atoms with Crippen LogP contribution < -0.4 is 10.1 Å². The van der Waals surface area contributed by atoms with E-state index in [9.17, 15) is 4.79 Å². The lowest BCUT2D eigenvalue weighted by Crippen LogP contribution is -2.16. The smallest absolute Gasteiger partial charge is 0.252 e. The van der Waals surface area contributed by atoms with Gasteiger partial charge in [0.05, 0.1) is 12.8 Å². The summed E-state index contributed by atoms with van der Waals surface area (Å²) in [6, 6.07) is 11.4. The van der Waals surface area contributed by atoms with Gasteiger partial charge in [0.2, 0.25) is 5.91 Å². The third-order valence-corrected chi connectivity index (χ3v) is 4.06. The summed E-state index contributed by atoms with van der Waals surface area (Å²) in [5.74, 6) is 1.73. The minimum absolute atomic E-state index is 0.0867. The van der Waals surface area contributed by atoms with E-state index in [4.69, 9.17) is 4.74 Å². The number of rotatable bonds is 6. The van der Waals surface area contributed by atoms with Crippen LogP contribution in [0.4, 0.5) is 5.82 Å². The van der Waals surface area contributed by atoms with Gasteiger partial charge in [-0.1, -0.05) is 12.1 Å². The number of nitrogens with zero attached hydrogens (tertiary/aromatic N) is 4. The second kappa shape index (κ2) is 7.99. The number of aryl methyl sites for hydroxylation is 4. The van der Waals surface area contributed by atoms with E-state index < -0.39 is 0 Å². The molecule has 0 bridgehead atoms. The van der Waals surface area contributed by atoms with Crippen LogP contribution in [-0.2, 0) is 11.2 Å². The first-order chi connectivity index (χ1) is 12.9. The first kappa shape index (κ1) is 18.6. The number of carbonyl (C=O) groups excluding carboxylic acids is 1. The minimum atomic E-state index is -0.0867. The van der Waals surface area contributed by atoms with Crippen LogP contribution >= 0.6 is 0 Å². The molecule has 3 aromatic rings. The van der Waals surface area contributed by atoms with Crippen LogP contribution in [0.25, 0.3) is 5.95 Å². The number of methoxy groups -OCH3 is 1. The maximum atomic E-state index is 12.4. The van der Waals surface area contributed by atoms with E-state index in [2.05, 4.69) is 20.4 Å². The van der Waals surface area contributed by atoms with Crippen LogP contribution in [0, 0.1) is 20.8 Å². The molecule has 1 N–H and O–H groups in total. The second-order valence-electron chi connectivity index (χ2n) is 6.43. The lowest BCUT2D eigenvalue weighted by atomic mass is 10.1. The highest BCUT2D eigenvalue weighted by atomic mass is 16.5. The Kier molecular flexibility index (Phi) is 5.49. The zero-order chi connectivity index (χ0) is 19.4. The molecule has 140 valence electrons. The Morgan fingerprint density at radius 3 is 2.33 bits per heavy atom. The highest BCUT2D eigenvalue weighted by molar-refractivity contribution is 5.90. The standard InChI is InChI=1S/C20H23N5O2/c1-13-11-14(2)22-20(21-13)25-18(12-15(3)24-25)23-19(26)10-7-16-5-8-17(27-4)9-6-16/h5-6,8-9,11-12H,7,10H2,1-4H3,(H,23,26). The molecule has 0 spiro atoms. The van der Waals surface area contributed by atoms with Gasteiger partial charge >= 0.3 is 0 Å². The zero-order valence-corrected chi connectivity index (χ0v) is 16.0. The first-order valence-corrected chi connectivity index (χ1v) is 8.76. The van der Waals surface area contributed by atoms with Gasteiger partial charge in [-0.25, -0.2) is 9.97 Å². The van der Waals surface area contributed by atoms with Crippen molar-refractivity contribution >= 4 is 11.7 Å². The summed E-state index contributed by atoms with van der Waals surface area (Å²) in [4.78, 5) is 21.3. The third kappa shape index (κ3) is 4.69. The highest BCUT2D eigenvalue weighted by Gasteiger charge is 2.13. The number of hydrogen-bond donors (Lipinski definition) is 1. The number of amides is 1. The molecule has 1 amide bonds. The van der Waals surface area contributed by atoms with Crippen molar-refractivity contribution < 1.29 is 9.53 Å². The molecule has 0 aliphatic rings. The molecule has 0 atom stereocenters. The van der Waals surface area contributed by atoms with Crippen LogP contribution in [0.5, 0.6) is 5.75 Å². The van der Waals surface area contributed by atoms with Crippen molar-refractivity contribution in [1.82, 2.24) is 19.7 Å². The maximum Gasteiger partial charge on any atom is 0.252 e. The summed E-state index contributed by atoms with van der Waals surface area (Å²) in [6.45, 7) is 5.68. The summed E-state index contributed by atoms with van der Waals surface area (Å²) < 4.78 is 6.72. The van der Waals surface area contributed by atoms with Crippen molar-refractivity contribution in [3.05, 3.63) is 59.0 Å². The van der Waals surface area contributed by atoms with E-state index in [1.165, 1.54) is 0 Å². The molecule has 2 heterocycles. The molecule has 0 aliphatic heterocycles. The molecule has 0 saturated heterocycles. The number of benzene rings is 1. The van der Waals surface area contributed by atoms with Crippen LogP contribution in [0.3, 0.4) is 0 Å². The van der Waals surface area contributed by atoms with Crippen molar-refractivity contribution in [2.45, 2.75) is 33.6 Å². The largest absolute Gasteiger partial charge is 0.497 e. The summed E-state index contributed by atoms with van der Waals surface area (Å²) in [5.41, 5.74) is 3.56. The van der Waals surface area contributed by atoms with Gasteiger partial charge in [0.25, 0.3) is 5.95 Å². The Morgan fingerprint density at radius 2 is 1.70 bits per heavy atom. The van der Waals surface area contributed by atoms with Gasteiger partial charge in [-0.05, 0) is 51.0 Å². The summed E-state index contributed by atoms with van der Waals surface area (Å²) in [5, 5.41) is 7.34. The second-order valence-corrected chi connectivity index (χ2v) is 6.43. The number of ether oxygens (including phenoxy) is 1. The molecule has 0 fully saturated rings. The van der Waals surface area contributed by atoms with E-state index in [1.807, 2.05) is 57.2 Å². The fourth-order valence-corrected chi connectivity index (χ4v) is 2.80. The molecule has 1 aromatic carbocycles. The number of aromatic nitrogens is 4. The molecule has 0 saturated carbocycles. The molecule has 2 aromatic heterocycles. The van der Waals surface area contributed by atoms with Crippen LogP contribution in [0.1, 0.15) is 29.1 Å². The SMILES string of the molecule is COc1ccc(CCC(=O)Nc2cc(C)nn2-c2nc(C)cc(C)n2)cc1. The van der Waals surface area contributed by atoms with Crippen molar-refractivity contribution in [2.24, 2.45) is 0 Å². The monoisotopic (exact) mass is 365 g/mol. The van der Waals surface area contributed by atoms with Crippen LogP contribution in [0.2, 0.25) is 0 Å². The molecule has 3 rings (SSSR count). The first-order valence-electron chi connectivity index (χ1n) is 8.76. The molecule has 7 nitrogen and oxygen atoms in total. The van der Waals surface area contributed by atoms with Crippen molar-refractivity contribution in [1.29, 1.82) is 0 Å². The zero-order valence-electron chi connectivity index (χ0n) is 16.0. The molecule has 7 heteroatoms. The number of anilines is 1. The number of carbonyl (C=O) groups is 1. The van der Waals surface area contributed by atoms with Crippen LogP contribution in [0.15, 0.2) is 36.4 Å². The Morgan fingerprint density at radius 1 is 1.04 bits per heavy atom. The lowest BCUT2D eigenvalue weighted by molar-refractivity contribution is -0.116. The third-order valence-electron chi connectivity index (χ3n) is 4.06. The predicted molar refractivity (Wildman–Crippen MR) is 103 cm³/mol. The maximum absolute atomic E-state index is 12.4. The van der Waals surface area contributed by atoms with Gasteiger partial charge in [0, 0.05) is 23.9 Å². The van der Waals surface area contributed by atoms with E-state index >= 15 is 0 Å². The molecule has 0 unspecified atom stereocenters. The summed E-state index contributed by atoms with van der Waals surface area (Å²) in [7, 11) is 1.63.